The topological polar surface area (TPSA) is 32.3 Å². The van der Waals surface area contributed by atoms with Gasteiger partial charge in [-0.1, -0.05) is 24.3 Å². The van der Waals surface area contributed by atoms with E-state index in [0.29, 0.717) is 25.2 Å². The van der Waals surface area contributed by atoms with Crippen LogP contribution < -0.4 is 5.32 Å². The highest BCUT2D eigenvalue weighted by Crippen LogP contribution is 2.40. The standard InChI is InChI=1S/C24H26F6N2O/c1-14-7-5-6-8-18(14)19-12-31-13-20(19)32(4)21(33)22(2,3)15-9-16(23(25,26)27)11-17(10-15)24(28,29)30/h5-11,19-20,31H,12-13H2,1-4H3/t19-,20?/m0/s1. The summed E-state index contributed by atoms with van der Waals surface area (Å²) < 4.78 is 80.0. The molecule has 0 bridgehead atoms. The molecule has 1 fully saturated rings. The molecule has 0 spiro atoms. The Hall–Kier alpha value is -2.55. The fourth-order valence-corrected chi connectivity index (χ4v) is 4.42. The monoisotopic (exact) mass is 472 g/mol. The molecule has 1 heterocycles. The van der Waals surface area contributed by atoms with Crippen molar-refractivity contribution >= 4 is 5.91 Å². The van der Waals surface area contributed by atoms with E-state index in [2.05, 4.69) is 5.32 Å². The van der Waals surface area contributed by atoms with Crippen LogP contribution in [-0.2, 0) is 22.6 Å². The molecule has 3 nitrogen and oxygen atoms in total. The van der Waals surface area contributed by atoms with Gasteiger partial charge in [0.2, 0.25) is 5.91 Å². The molecule has 1 N–H and O–H groups in total. The molecule has 0 radical (unpaired) electrons. The molecule has 33 heavy (non-hydrogen) atoms. The molecule has 3 rings (SSSR count). The van der Waals surface area contributed by atoms with Crippen molar-refractivity contribution in [2.75, 3.05) is 20.1 Å². The first kappa shape index (κ1) is 25.1. The van der Waals surface area contributed by atoms with E-state index in [9.17, 15) is 31.1 Å². The molecule has 0 aliphatic carbocycles. The summed E-state index contributed by atoms with van der Waals surface area (Å²) in [5.41, 5.74) is -2.73. The van der Waals surface area contributed by atoms with Crippen LogP contribution in [0.3, 0.4) is 0 Å². The largest absolute Gasteiger partial charge is 0.416 e. The number of rotatable bonds is 4. The smallest absolute Gasteiger partial charge is 0.340 e. The average molecular weight is 472 g/mol. The number of benzene rings is 2. The number of nitrogens with one attached hydrogen (secondary N) is 1. The summed E-state index contributed by atoms with van der Waals surface area (Å²) >= 11 is 0. The summed E-state index contributed by atoms with van der Waals surface area (Å²) in [6.07, 6.45) is -9.96. The molecule has 2 atom stereocenters. The van der Waals surface area contributed by atoms with Gasteiger partial charge in [-0.15, -0.1) is 0 Å². The molecule has 1 aliphatic rings. The molecule has 2 aromatic carbocycles. The second-order valence-corrected chi connectivity index (χ2v) is 9.02. The van der Waals surface area contributed by atoms with Gasteiger partial charge in [0.25, 0.3) is 0 Å². The molecule has 1 unspecified atom stereocenters. The van der Waals surface area contributed by atoms with Crippen molar-refractivity contribution in [3.8, 4) is 0 Å². The van der Waals surface area contributed by atoms with Crippen LogP contribution in [0.5, 0.6) is 0 Å². The van der Waals surface area contributed by atoms with E-state index in [1.54, 1.807) is 7.05 Å². The van der Waals surface area contributed by atoms with Gasteiger partial charge in [-0.2, -0.15) is 26.3 Å². The van der Waals surface area contributed by atoms with Crippen LogP contribution >= 0.6 is 0 Å². The zero-order valence-electron chi connectivity index (χ0n) is 18.7. The summed E-state index contributed by atoms with van der Waals surface area (Å²) in [5, 5.41) is 3.24. The number of hydrogen-bond acceptors (Lipinski definition) is 2. The quantitative estimate of drug-likeness (QED) is 0.594. The van der Waals surface area contributed by atoms with Crippen LogP contribution in [0.25, 0.3) is 0 Å². The van der Waals surface area contributed by atoms with Crippen molar-refractivity contribution < 1.29 is 31.1 Å². The number of halogens is 6. The van der Waals surface area contributed by atoms with Gasteiger partial charge in [0, 0.05) is 26.1 Å². The van der Waals surface area contributed by atoms with E-state index in [-0.39, 0.29) is 23.6 Å². The lowest BCUT2D eigenvalue weighted by Gasteiger charge is -2.36. The Labute approximate surface area is 188 Å². The van der Waals surface area contributed by atoms with Gasteiger partial charge in [0.15, 0.2) is 0 Å². The first-order chi connectivity index (χ1) is 15.1. The van der Waals surface area contributed by atoms with E-state index >= 15 is 0 Å². The number of alkyl halides is 6. The summed E-state index contributed by atoms with van der Waals surface area (Å²) in [7, 11) is 1.55. The van der Waals surface area contributed by atoms with Crippen LogP contribution in [-0.4, -0.2) is 37.0 Å². The van der Waals surface area contributed by atoms with Crippen molar-refractivity contribution in [2.24, 2.45) is 0 Å². The van der Waals surface area contributed by atoms with E-state index in [4.69, 9.17) is 0 Å². The number of amides is 1. The normalized spacial score (nSPS) is 19.6. The third-order valence-corrected chi connectivity index (χ3v) is 6.43. The summed E-state index contributed by atoms with van der Waals surface area (Å²) in [6.45, 7) is 5.74. The van der Waals surface area contributed by atoms with Crippen molar-refractivity contribution in [3.05, 3.63) is 70.3 Å². The third-order valence-electron chi connectivity index (χ3n) is 6.43. The predicted octanol–water partition coefficient (Wildman–Crippen LogP) is 5.52. The third kappa shape index (κ3) is 5.03. The second-order valence-electron chi connectivity index (χ2n) is 9.02. The lowest BCUT2D eigenvalue weighted by atomic mass is 9.80. The maximum absolute atomic E-state index is 13.5. The van der Waals surface area contributed by atoms with E-state index in [1.807, 2.05) is 31.2 Å². The SMILES string of the molecule is Cc1ccccc1[C@@H]1CNCC1N(C)C(=O)C(C)(C)c1cc(C(F)(F)F)cc(C(F)(F)F)c1. The van der Waals surface area contributed by atoms with Crippen molar-refractivity contribution in [1.82, 2.24) is 10.2 Å². The van der Waals surface area contributed by atoms with Gasteiger partial charge in [-0.3, -0.25) is 4.79 Å². The zero-order chi connectivity index (χ0) is 24.8. The number of nitrogens with zero attached hydrogens (tertiary/aromatic N) is 1. The Bertz CT molecular complexity index is 996. The van der Waals surface area contributed by atoms with Gasteiger partial charge in [0.05, 0.1) is 22.6 Å². The maximum atomic E-state index is 13.5. The Balaban J connectivity index is 1.98. The Morgan fingerprint density at radius 2 is 1.42 bits per heavy atom. The van der Waals surface area contributed by atoms with Crippen LogP contribution in [0.4, 0.5) is 26.3 Å². The van der Waals surface area contributed by atoms with Gasteiger partial charge >= 0.3 is 12.4 Å². The van der Waals surface area contributed by atoms with Crippen LogP contribution in [0.15, 0.2) is 42.5 Å². The van der Waals surface area contributed by atoms with Gasteiger partial charge < -0.3 is 10.2 Å². The van der Waals surface area contributed by atoms with Gasteiger partial charge in [-0.05, 0) is 55.7 Å². The number of carbonyl (C=O) groups is 1. The Kier molecular flexibility index (Phi) is 6.59. The van der Waals surface area contributed by atoms with Crippen molar-refractivity contribution in [2.45, 2.75) is 50.5 Å². The second kappa shape index (κ2) is 8.66. The van der Waals surface area contributed by atoms with E-state index in [0.717, 1.165) is 11.1 Å². The van der Waals surface area contributed by atoms with Crippen LogP contribution in [0, 0.1) is 6.92 Å². The van der Waals surface area contributed by atoms with Crippen molar-refractivity contribution in [3.63, 3.8) is 0 Å². The minimum Gasteiger partial charge on any atom is -0.340 e. The maximum Gasteiger partial charge on any atom is 0.416 e. The summed E-state index contributed by atoms with van der Waals surface area (Å²) in [6, 6.07) is 8.75. The van der Waals surface area contributed by atoms with Crippen molar-refractivity contribution in [1.29, 1.82) is 0 Å². The van der Waals surface area contributed by atoms with E-state index < -0.39 is 34.8 Å². The lowest BCUT2D eigenvalue weighted by Crippen LogP contribution is -2.49. The Morgan fingerprint density at radius 1 is 0.909 bits per heavy atom. The van der Waals surface area contributed by atoms with Crippen LogP contribution in [0.2, 0.25) is 0 Å². The molecule has 0 saturated carbocycles. The van der Waals surface area contributed by atoms with Gasteiger partial charge in [-0.25, -0.2) is 0 Å². The molecule has 1 amide bonds. The van der Waals surface area contributed by atoms with E-state index in [1.165, 1.54) is 18.7 Å². The average Bonchev–Trinajstić information content (AvgIpc) is 3.21. The minimum atomic E-state index is -4.98. The first-order valence-corrected chi connectivity index (χ1v) is 10.5. The molecule has 0 aromatic heterocycles. The molecule has 180 valence electrons. The molecular weight excluding hydrogens is 446 g/mol. The van der Waals surface area contributed by atoms with Gasteiger partial charge in [0.1, 0.15) is 0 Å². The Morgan fingerprint density at radius 3 is 1.94 bits per heavy atom. The minimum absolute atomic E-state index is 0.0526. The highest BCUT2D eigenvalue weighted by atomic mass is 19.4. The number of aryl methyl sites for hydroxylation is 1. The summed E-state index contributed by atoms with van der Waals surface area (Å²) in [4.78, 5) is 14.9. The molecule has 1 aliphatic heterocycles. The highest BCUT2D eigenvalue weighted by Gasteiger charge is 2.43. The fourth-order valence-electron chi connectivity index (χ4n) is 4.42. The molecule has 9 heteroatoms. The fraction of sp³-hybridized carbons (Fsp3) is 0.458. The van der Waals surface area contributed by atoms with Crippen LogP contribution in [0.1, 0.15) is 47.6 Å². The zero-order valence-corrected chi connectivity index (χ0v) is 18.7. The summed E-state index contributed by atoms with van der Waals surface area (Å²) in [5.74, 6) is -0.606. The molecular formula is C24H26F6N2O. The molecule has 1 saturated heterocycles. The first-order valence-electron chi connectivity index (χ1n) is 10.5. The number of likely N-dealkylation sites (N-methyl/N-ethyl adjacent to an activating group) is 1. The lowest BCUT2D eigenvalue weighted by molar-refractivity contribution is -0.144. The number of carbonyl (C=O) groups excluding carboxylic acids is 1. The predicted molar refractivity (Wildman–Crippen MR) is 113 cm³/mol. The number of hydrogen-bond donors (Lipinski definition) is 1. The molecule has 2 aromatic rings. The highest BCUT2D eigenvalue weighted by molar-refractivity contribution is 5.87.